The largest absolute Gasteiger partial charge is 0.352 e. The summed E-state index contributed by atoms with van der Waals surface area (Å²) in [4.78, 5) is 11.9. The Morgan fingerprint density at radius 2 is 1.95 bits per heavy atom. The van der Waals surface area contributed by atoms with E-state index in [1.807, 2.05) is 0 Å². The van der Waals surface area contributed by atoms with E-state index in [1.54, 1.807) is 0 Å². The number of rotatable bonds is 3. The summed E-state index contributed by atoms with van der Waals surface area (Å²) in [5.41, 5.74) is 5.93. The van der Waals surface area contributed by atoms with Gasteiger partial charge in [-0.25, -0.2) is 8.42 Å². The van der Waals surface area contributed by atoms with Gasteiger partial charge in [0.25, 0.3) is 0 Å². The zero-order chi connectivity index (χ0) is 13.2. The summed E-state index contributed by atoms with van der Waals surface area (Å²) in [5, 5.41) is 2.85. The first-order valence-corrected chi connectivity index (χ1v) is 8.54. The molecule has 3 N–H and O–H groups in total. The standard InChI is InChI=1S/C12H22N2O3S.ClH/c13-11-5-1-3-9(11)7-12(15)14-10-4-2-6-18(16,17)8-10;/h9-11H,1-8,13H2,(H,14,15);1H/t9-,10?,11+;/m0./s1. The van der Waals surface area contributed by atoms with Crippen LogP contribution in [0.5, 0.6) is 0 Å². The number of hydrogen-bond donors (Lipinski definition) is 2. The predicted octanol–water partition coefficient (Wildman–Crippen LogP) is 0.619. The SMILES string of the molecule is Cl.N[C@@H]1CCC[C@H]1CC(=O)NC1CCCS(=O)(=O)C1. The summed E-state index contributed by atoms with van der Waals surface area (Å²) in [7, 11) is -2.95. The third-order valence-electron chi connectivity index (χ3n) is 3.99. The van der Waals surface area contributed by atoms with Crippen molar-refractivity contribution in [3.05, 3.63) is 0 Å². The highest BCUT2D eigenvalue weighted by Gasteiger charge is 2.29. The number of amides is 1. The molecule has 0 aromatic carbocycles. The first kappa shape index (κ1) is 16.7. The van der Waals surface area contributed by atoms with Gasteiger partial charge in [0.2, 0.25) is 5.91 Å². The van der Waals surface area contributed by atoms with Crippen LogP contribution >= 0.6 is 12.4 Å². The molecule has 1 saturated carbocycles. The fraction of sp³-hybridized carbons (Fsp3) is 0.917. The van der Waals surface area contributed by atoms with Crippen LogP contribution in [0.2, 0.25) is 0 Å². The number of nitrogens with one attached hydrogen (secondary N) is 1. The highest BCUT2D eigenvalue weighted by atomic mass is 35.5. The minimum atomic E-state index is -2.95. The van der Waals surface area contributed by atoms with Crippen LogP contribution in [0.25, 0.3) is 0 Å². The van der Waals surface area contributed by atoms with E-state index < -0.39 is 9.84 Å². The smallest absolute Gasteiger partial charge is 0.220 e. The van der Waals surface area contributed by atoms with E-state index in [0.29, 0.717) is 12.8 Å². The molecule has 1 unspecified atom stereocenters. The van der Waals surface area contributed by atoms with Crippen molar-refractivity contribution in [2.75, 3.05) is 11.5 Å². The number of sulfone groups is 1. The van der Waals surface area contributed by atoms with Crippen molar-refractivity contribution in [3.63, 3.8) is 0 Å². The fourth-order valence-electron chi connectivity index (χ4n) is 2.98. The topological polar surface area (TPSA) is 89.3 Å². The molecule has 0 radical (unpaired) electrons. The Balaban J connectivity index is 0.00000180. The van der Waals surface area contributed by atoms with E-state index >= 15 is 0 Å². The molecular formula is C12H23ClN2O3S. The van der Waals surface area contributed by atoms with Crippen molar-refractivity contribution in [1.82, 2.24) is 5.32 Å². The normalized spacial score (nSPS) is 33.4. The molecule has 1 aliphatic heterocycles. The fourth-order valence-corrected chi connectivity index (χ4v) is 4.62. The Kier molecular flexibility index (Phi) is 6.08. The molecule has 2 rings (SSSR count). The highest BCUT2D eigenvalue weighted by Crippen LogP contribution is 2.26. The summed E-state index contributed by atoms with van der Waals surface area (Å²) in [6.07, 6.45) is 4.96. The van der Waals surface area contributed by atoms with Gasteiger partial charge in [0.15, 0.2) is 9.84 Å². The van der Waals surface area contributed by atoms with Crippen molar-refractivity contribution >= 4 is 28.2 Å². The lowest BCUT2D eigenvalue weighted by Gasteiger charge is -2.24. The zero-order valence-corrected chi connectivity index (χ0v) is 12.6. The van der Waals surface area contributed by atoms with Gasteiger partial charge in [0.1, 0.15) is 0 Å². The molecule has 0 aromatic rings. The van der Waals surface area contributed by atoms with Crippen LogP contribution in [0.1, 0.15) is 38.5 Å². The molecular weight excluding hydrogens is 288 g/mol. The van der Waals surface area contributed by atoms with Crippen LogP contribution in [-0.4, -0.2) is 37.9 Å². The van der Waals surface area contributed by atoms with Crippen LogP contribution in [0.4, 0.5) is 0 Å². The van der Waals surface area contributed by atoms with Crippen LogP contribution in [0, 0.1) is 5.92 Å². The van der Waals surface area contributed by atoms with Crippen molar-refractivity contribution in [2.24, 2.45) is 11.7 Å². The summed E-state index contributed by atoms with van der Waals surface area (Å²) in [6.45, 7) is 0. The van der Waals surface area contributed by atoms with Gasteiger partial charge < -0.3 is 11.1 Å². The molecule has 2 fully saturated rings. The second-order valence-corrected chi connectivity index (χ2v) is 7.81. The van der Waals surface area contributed by atoms with E-state index in [1.165, 1.54) is 0 Å². The molecule has 1 heterocycles. The van der Waals surface area contributed by atoms with Gasteiger partial charge in [-0.15, -0.1) is 12.4 Å². The van der Waals surface area contributed by atoms with Gasteiger partial charge in [-0.05, 0) is 31.6 Å². The van der Waals surface area contributed by atoms with Gasteiger partial charge >= 0.3 is 0 Å². The van der Waals surface area contributed by atoms with E-state index in [-0.39, 0.29) is 47.8 Å². The van der Waals surface area contributed by atoms with Crippen molar-refractivity contribution < 1.29 is 13.2 Å². The van der Waals surface area contributed by atoms with Crippen molar-refractivity contribution in [3.8, 4) is 0 Å². The molecule has 2 aliphatic rings. The summed E-state index contributed by atoms with van der Waals surface area (Å²) in [5.74, 6) is 0.576. The Morgan fingerprint density at radius 3 is 2.53 bits per heavy atom. The Morgan fingerprint density at radius 1 is 1.21 bits per heavy atom. The second kappa shape index (κ2) is 6.90. The minimum Gasteiger partial charge on any atom is -0.352 e. The summed E-state index contributed by atoms with van der Waals surface area (Å²) >= 11 is 0. The Hall–Kier alpha value is -0.330. The first-order valence-electron chi connectivity index (χ1n) is 6.71. The molecule has 0 bridgehead atoms. The Bertz CT molecular complexity index is 413. The maximum Gasteiger partial charge on any atom is 0.220 e. The van der Waals surface area contributed by atoms with Crippen LogP contribution in [-0.2, 0) is 14.6 Å². The number of nitrogens with two attached hydrogens (primary N) is 1. The van der Waals surface area contributed by atoms with E-state index in [9.17, 15) is 13.2 Å². The molecule has 3 atom stereocenters. The Labute approximate surface area is 121 Å². The molecule has 5 nitrogen and oxygen atoms in total. The monoisotopic (exact) mass is 310 g/mol. The molecule has 1 amide bonds. The lowest BCUT2D eigenvalue weighted by molar-refractivity contribution is -0.122. The first-order chi connectivity index (χ1) is 8.46. The van der Waals surface area contributed by atoms with Gasteiger partial charge in [-0.2, -0.15) is 0 Å². The molecule has 1 aliphatic carbocycles. The zero-order valence-electron chi connectivity index (χ0n) is 11.0. The van der Waals surface area contributed by atoms with E-state index in [0.717, 1.165) is 25.7 Å². The molecule has 1 saturated heterocycles. The summed E-state index contributed by atoms with van der Waals surface area (Å²) in [6, 6.07) is -0.0697. The van der Waals surface area contributed by atoms with Gasteiger partial charge in [0.05, 0.1) is 11.5 Å². The molecule has 0 spiro atoms. The third-order valence-corrected chi connectivity index (χ3v) is 5.81. The molecule has 112 valence electrons. The maximum atomic E-state index is 11.9. The average Bonchev–Trinajstić information content (AvgIpc) is 2.62. The molecule has 19 heavy (non-hydrogen) atoms. The van der Waals surface area contributed by atoms with Gasteiger partial charge in [-0.1, -0.05) is 6.42 Å². The quantitative estimate of drug-likeness (QED) is 0.799. The molecule has 7 heteroatoms. The van der Waals surface area contributed by atoms with Gasteiger partial charge in [-0.3, -0.25) is 4.79 Å². The van der Waals surface area contributed by atoms with Crippen molar-refractivity contribution in [2.45, 2.75) is 50.6 Å². The predicted molar refractivity (Wildman–Crippen MR) is 77.0 cm³/mol. The number of carbonyl (C=O) groups excluding carboxylic acids is 1. The average molecular weight is 311 g/mol. The van der Waals surface area contributed by atoms with Crippen LogP contribution < -0.4 is 11.1 Å². The maximum absolute atomic E-state index is 11.9. The second-order valence-electron chi connectivity index (χ2n) is 5.58. The summed E-state index contributed by atoms with van der Waals surface area (Å²) < 4.78 is 22.9. The van der Waals surface area contributed by atoms with Gasteiger partial charge in [0, 0.05) is 18.5 Å². The number of halogens is 1. The van der Waals surface area contributed by atoms with Crippen LogP contribution in [0.15, 0.2) is 0 Å². The van der Waals surface area contributed by atoms with Crippen molar-refractivity contribution in [1.29, 1.82) is 0 Å². The van der Waals surface area contributed by atoms with E-state index in [2.05, 4.69) is 5.32 Å². The number of hydrogen-bond acceptors (Lipinski definition) is 4. The van der Waals surface area contributed by atoms with E-state index in [4.69, 9.17) is 5.73 Å². The lowest BCUT2D eigenvalue weighted by Crippen LogP contribution is -2.44. The third kappa shape index (κ3) is 4.93. The lowest BCUT2D eigenvalue weighted by atomic mass is 9.99. The highest BCUT2D eigenvalue weighted by molar-refractivity contribution is 7.91. The molecule has 0 aromatic heterocycles. The number of carbonyl (C=O) groups is 1. The minimum absolute atomic E-state index is 0. The van der Waals surface area contributed by atoms with Crippen LogP contribution in [0.3, 0.4) is 0 Å².